The zero-order chi connectivity index (χ0) is 7.90. The summed E-state index contributed by atoms with van der Waals surface area (Å²) in [6, 6.07) is 2.38. The summed E-state index contributed by atoms with van der Waals surface area (Å²) in [6.07, 6.45) is 6.53. The molecule has 0 saturated heterocycles. The van der Waals surface area contributed by atoms with E-state index in [0.29, 0.717) is 17.7 Å². The van der Waals surface area contributed by atoms with E-state index in [0.717, 1.165) is 12.8 Å². The predicted octanol–water partition coefficient (Wildman–Crippen LogP) is 2.33. The molecule has 3 atom stereocenters. The molecule has 0 radical (unpaired) electrons. The van der Waals surface area contributed by atoms with E-state index in [4.69, 9.17) is 16.9 Å². The highest BCUT2D eigenvalue weighted by molar-refractivity contribution is 6.18. The maximum absolute atomic E-state index is 8.97. The van der Waals surface area contributed by atoms with Crippen molar-refractivity contribution in [2.24, 2.45) is 17.3 Å². The van der Waals surface area contributed by atoms with Gasteiger partial charge in [-0.05, 0) is 24.7 Å². The number of allylic oxidation sites excluding steroid dienone is 2. The van der Waals surface area contributed by atoms with Crippen molar-refractivity contribution in [2.45, 2.75) is 12.8 Å². The number of rotatable bonds is 1. The van der Waals surface area contributed by atoms with Gasteiger partial charge in [0.2, 0.25) is 0 Å². The third-order valence-corrected chi connectivity index (χ3v) is 3.45. The fourth-order valence-electron chi connectivity index (χ4n) is 2.27. The second-order valence-electron chi connectivity index (χ2n) is 3.59. The van der Waals surface area contributed by atoms with Gasteiger partial charge in [-0.2, -0.15) is 5.26 Å². The molecule has 0 aromatic carbocycles. The van der Waals surface area contributed by atoms with Crippen molar-refractivity contribution in [3.8, 4) is 6.07 Å². The molecular weight excluding hydrogens is 158 g/mol. The molecule has 0 aromatic heterocycles. The first-order chi connectivity index (χ1) is 5.30. The van der Waals surface area contributed by atoms with Crippen LogP contribution in [0.4, 0.5) is 0 Å². The van der Waals surface area contributed by atoms with Gasteiger partial charge in [0.1, 0.15) is 0 Å². The summed E-state index contributed by atoms with van der Waals surface area (Å²) in [6.45, 7) is 0. The Morgan fingerprint density at radius 2 is 2.45 bits per heavy atom. The standard InChI is InChI=1S/C9H10ClN/c10-5-9(6-11)4-7-1-2-8(9)3-7/h1-2,7-8H,3-5H2. The zero-order valence-electron chi connectivity index (χ0n) is 6.26. The van der Waals surface area contributed by atoms with Crippen molar-refractivity contribution in [1.82, 2.24) is 0 Å². The van der Waals surface area contributed by atoms with Crippen molar-refractivity contribution in [3.05, 3.63) is 12.2 Å². The molecule has 2 aliphatic rings. The quantitative estimate of drug-likeness (QED) is 0.435. The van der Waals surface area contributed by atoms with Crippen molar-refractivity contribution in [2.75, 3.05) is 5.88 Å². The molecule has 1 fully saturated rings. The lowest BCUT2D eigenvalue weighted by molar-refractivity contribution is 0.373. The topological polar surface area (TPSA) is 23.8 Å². The average Bonchev–Trinajstić information content (AvgIpc) is 2.62. The van der Waals surface area contributed by atoms with E-state index in [1.165, 1.54) is 0 Å². The van der Waals surface area contributed by atoms with Crippen LogP contribution in [-0.4, -0.2) is 5.88 Å². The minimum Gasteiger partial charge on any atom is -0.198 e. The van der Waals surface area contributed by atoms with Crippen LogP contribution in [0.2, 0.25) is 0 Å². The van der Waals surface area contributed by atoms with Crippen molar-refractivity contribution in [1.29, 1.82) is 5.26 Å². The molecular formula is C9H10ClN. The number of nitrogens with zero attached hydrogens (tertiary/aromatic N) is 1. The van der Waals surface area contributed by atoms with Crippen molar-refractivity contribution in [3.63, 3.8) is 0 Å². The number of halogens is 1. The number of hydrogen-bond acceptors (Lipinski definition) is 1. The van der Waals surface area contributed by atoms with Gasteiger partial charge in [0, 0.05) is 5.88 Å². The van der Waals surface area contributed by atoms with Crippen LogP contribution in [0, 0.1) is 28.6 Å². The van der Waals surface area contributed by atoms with Crippen LogP contribution in [0.1, 0.15) is 12.8 Å². The van der Waals surface area contributed by atoms with Crippen molar-refractivity contribution >= 4 is 11.6 Å². The number of hydrogen-bond donors (Lipinski definition) is 0. The number of nitriles is 1. The van der Waals surface area contributed by atoms with Crippen LogP contribution in [0.5, 0.6) is 0 Å². The molecule has 11 heavy (non-hydrogen) atoms. The van der Waals surface area contributed by atoms with Crippen LogP contribution in [-0.2, 0) is 0 Å². The highest BCUT2D eigenvalue weighted by Gasteiger charge is 2.48. The highest BCUT2D eigenvalue weighted by Crippen LogP contribution is 2.52. The summed E-state index contributed by atoms with van der Waals surface area (Å²) in [7, 11) is 0. The average molecular weight is 168 g/mol. The molecule has 2 heteroatoms. The molecule has 2 rings (SSSR count). The molecule has 0 heterocycles. The number of fused-ring (bicyclic) bond motifs is 2. The predicted molar refractivity (Wildman–Crippen MR) is 44.1 cm³/mol. The van der Waals surface area contributed by atoms with E-state index in [2.05, 4.69) is 18.2 Å². The molecule has 1 saturated carbocycles. The molecule has 1 nitrogen and oxygen atoms in total. The second kappa shape index (κ2) is 2.25. The zero-order valence-corrected chi connectivity index (χ0v) is 7.01. The van der Waals surface area contributed by atoms with Crippen LogP contribution in [0.25, 0.3) is 0 Å². The van der Waals surface area contributed by atoms with Crippen LogP contribution < -0.4 is 0 Å². The van der Waals surface area contributed by atoms with Crippen LogP contribution >= 0.6 is 11.6 Å². The highest BCUT2D eigenvalue weighted by atomic mass is 35.5. The lowest BCUT2D eigenvalue weighted by Gasteiger charge is -2.24. The van der Waals surface area contributed by atoms with Gasteiger partial charge in [0.05, 0.1) is 11.5 Å². The Bertz CT molecular complexity index is 240. The third-order valence-electron chi connectivity index (χ3n) is 2.97. The van der Waals surface area contributed by atoms with Gasteiger partial charge < -0.3 is 0 Å². The van der Waals surface area contributed by atoms with Gasteiger partial charge in [-0.1, -0.05) is 12.2 Å². The molecule has 0 aliphatic heterocycles. The molecule has 2 bridgehead atoms. The van der Waals surface area contributed by atoms with E-state index in [9.17, 15) is 0 Å². The Morgan fingerprint density at radius 3 is 2.73 bits per heavy atom. The lowest BCUT2D eigenvalue weighted by Crippen LogP contribution is -2.25. The first kappa shape index (κ1) is 7.18. The lowest BCUT2D eigenvalue weighted by atomic mass is 9.79. The van der Waals surface area contributed by atoms with Gasteiger partial charge in [-0.25, -0.2) is 0 Å². The molecule has 2 aliphatic carbocycles. The van der Waals surface area contributed by atoms with E-state index in [-0.39, 0.29) is 5.41 Å². The summed E-state index contributed by atoms with van der Waals surface area (Å²) in [4.78, 5) is 0. The fraction of sp³-hybridized carbons (Fsp3) is 0.667. The van der Waals surface area contributed by atoms with E-state index in [1.807, 2.05) is 0 Å². The minimum atomic E-state index is -0.221. The fourth-order valence-corrected chi connectivity index (χ4v) is 2.63. The van der Waals surface area contributed by atoms with Crippen molar-refractivity contribution < 1.29 is 0 Å². The summed E-state index contributed by atoms with van der Waals surface area (Å²) < 4.78 is 0. The summed E-state index contributed by atoms with van der Waals surface area (Å²) >= 11 is 5.80. The van der Waals surface area contributed by atoms with Gasteiger partial charge in [-0.15, -0.1) is 11.6 Å². The van der Waals surface area contributed by atoms with E-state index >= 15 is 0 Å². The van der Waals surface area contributed by atoms with E-state index < -0.39 is 0 Å². The molecule has 0 spiro atoms. The minimum absolute atomic E-state index is 0.221. The second-order valence-corrected chi connectivity index (χ2v) is 3.86. The van der Waals surface area contributed by atoms with Gasteiger partial charge in [0.15, 0.2) is 0 Å². The maximum atomic E-state index is 8.97. The SMILES string of the molecule is N#CC1(CCl)CC2C=CC1C2. The third kappa shape index (κ3) is 0.827. The van der Waals surface area contributed by atoms with Gasteiger partial charge >= 0.3 is 0 Å². The monoisotopic (exact) mass is 167 g/mol. The smallest absolute Gasteiger partial charge is 0.0777 e. The van der Waals surface area contributed by atoms with Crippen LogP contribution in [0.15, 0.2) is 12.2 Å². The first-order valence-electron chi connectivity index (χ1n) is 3.96. The molecule has 3 unspecified atom stereocenters. The first-order valence-corrected chi connectivity index (χ1v) is 4.50. The van der Waals surface area contributed by atoms with Gasteiger partial charge in [0.25, 0.3) is 0 Å². The largest absolute Gasteiger partial charge is 0.198 e. The molecule has 58 valence electrons. The Hall–Kier alpha value is -0.480. The van der Waals surface area contributed by atoms with E-state index in [1.54, 1.807) is 0 Å². The van der Waals surface area contributed by atoms with Gasteiger partial charge in [-0.3, -0.25) is 0 Å². The Balaban J connectivity index is 2.30. The molecule has 0 N–H and O–H groups in total. The Morgan fingerprint density at radius 1 is 1.64 bits per heavy atom. The maximum Gasteiger partial charge on any atom is 0.0777 e. The van der Waals surface area contributed by atoms with Crippen LogP contribution in [0.3, 0.4) is 0 Å². The normalized spacial score (nSPS) is 46.2. The summed E-state index contributed by atoms with van der Waals surface area (Å²) in [5.41, 5.74) is -0.221. The Kier molecular flexibility index (Phi) is 1.47. The summed E-state index contributed by atoms with van der Waals surface area (Å²) in [5.74, 6) is 1.57. The summed E-state index contributed by atoms with van der Waals surface area (Å²) in [5, 5.41) is 8.97. The number of alkyl halides is 1. The molecule has 0 amide bonds. The molecule has 0 aromatic rings. The Labute approximate surface area is 71.7 Å².